The van der Waals surface area contributed by atoms with Gasteiger partial charge in [-0.2, -0.15) is 0 Å². The zero-order valence-corrected chi connectivity index (χ0v) is 10.9. The Hall–Kier alpha value is -1.62. The van der Waals surface area contributed by atoms with Crippen molar-refractivity contribution in [2.24, 2.45) is 5.73 Å². The topological polar surface area (TPSA) is 68.3 Å². The molecule has 100 valence electrons. The first-order chi connectivity index (χ1) is 8.37. The van der Waals surface area contributed by atoms with E-state index >= 15 is 0 Å². The van der Waals surface area contributed by atoms with Crippen LogP contribution in [-0.4, -0.2) is 25.2 Å². The second-order valence-corrected chi connectivity index (χ2v) is 4.59. The average molecular weight is 254 g/mol. The normalized spacial score (nSPS) is 11.3. The highest BCUT2D eigenvalue weighted by Gasteiger charge is 2.17. The minimum absolute atomic E-state index is 0.00715. The summed E-state index contributed by atoms with van der Waals surface area (Å²) in [7, 11) is 1.63. The van der Waals surface area contributed by atoms with Gasteiger partial charge in [0.05, 0.1) is 17.8 Å². The lowest BCUT2D eigenvalue weighted by atomic mass is 10.1. The van der Waals surface area contributed by atoms with E-state index in [1.807, 2.05) is 13.8 Å². The Morgan fingerprint density at radius 2 is 2.11 bits per heavy atom. The lowest BCUT2D eigenvalue weighted by Gasteiger charge is -2.23. The molecule has 0 radical (unpaired) electrons. The number of nitrogen functional groups attached to an aromatic ring is 1. The van der Waals surface area contributed by atoms with E-state index in [0.717, 1.165) is 0 Å². The summed E-state index contributed by atoms with van der Waals surface area (Å²) >= 11 is 0. The van der Waals surface area contributed by atoms with E-state index in [0.29, 0.717) is 13.0 Å². The molecule has 0 aromatic heterocycles. The molecule has 0 aliphatic heterocycles. The molecule has 0 amide bonds. The highest BCUT2D eigenvalue weighted by Crippen LogP contribution is 2.22. The molecule has 3 N–H and O–H groups in total. The molecule has 0 aliphatic rings. The molecule has 4 nitrogen and oxygen atoms in total. The Bertz CT molecular complexity index is 433. The summed E-state index contributed by atoms with van der Waals surface area (Å²) in [6.07, 6.45) is 0.650. The van der Waals surface area contributed by atoms with Crippen molar-refractivity contribution in [3.05, 3.63) is 29.6 Å². The van der Waals surface area contributed by atoms with Gasteiger partial charge in [0.1, 0.15) is 17.4 Å². The predicted molar refractivity (Wildman–Crippen MR) is 68.6 cm³/mol. The highest BCUT2D eigenvalue weighted by atomic mass is 19.1. The Labute approximate surface area is 106 Å². The minimum Gasteiger partial charge on any atom is -0.493 e. The van der Waals surface area contributed by atoms with Crippen LogP contribution in [0.25, 0.3) is 0 Å². The average Bonchev–Trinajstić information content (AvgIpc) is 2.28. The predicted octanol–water partition coefficient (Wildman–Crippen LogP) is 2.30. The van der Waals surface area contributed by atoms with E-state index in [2.05, 4.69) is 0 Å². The number of hydrogen-bond acceptors (Lipinski definition) is 3. The molecule has 0 saturated heterocycles. The van der Waals surface area contributed by atoms with Gasteiger partial charge in [-0.05, 0) is 26.0 Å². The first kappa shape index (κ1) is 14.4. The van der Waals surface area contributed by atoms with Crippen molar-refractivity contribution in [1.82, 2.24) is 0 Å². The standard InChI is InChI=1S/C13H19FN2O2/c1-13(2,17-3)7-8-18-10-6-4-5-9(14)11(10)12(15)16/h4-6H,7-8H2,1-3H3,(H3,15,16). The summed E-state index contributed by atoms with van der Waals surface area (Å²) in [4.78, 5) is 0. The molecule has 0 heterocycles. The molecule has 0 aliphatic carbocycles. The van der Waals surface area contributed by atoms with Crippen LogP contribution in [0, 0.1) is 11.2 Å². The van der Waals surface area contributed by atoms with Crippen LogP contribution in [0.5, 0.6) is 5.75 Å². The van der Waals surface area contributed by atoms with Crippen LogP contribution in [0.15, 0.2) is 18.2 Å². The third kappa shape index (κ3) is 3.70. The largest absolute Gasteiger partial charge is 0.493 e. The number of methoxy groups -OCH3 is 1. The lowest BCUT2D eigenvalue weighted by Crippen LogP contribution is -2.25. The summed E-state index contributed by atoms with van der Waals surface area (Å²) < 4.78 is 24.2. The van der Waals surface area contributed by atoms with Crippen molar-refractivity contribution in [1.29, 1.82) is 5.41 Å². The number of ether oxygens (including phenoxy) is 2. The van der Waals surface area contributed by atoms with Crippen LogP contribution in [0.1, 0.15) is 25.8 Å². The van der Waals surface area contributed by atoms with Gasteiger partial charge in [-0.1, -0.05) is 6.07 Å². The number of amidine groups is 1. The van der Waals surface area contributed by atoms with Crippen LogP contribution in [0.2, 0.25) is 0 Å². The number of nitrogens with one attached hydrogen (secondary N) is 1. The number of benzene rings is 1. The van der Waals surface area contributed by atoms with Crippen LogP contribution in [-0.2, 0) is 4.74 Å². The van der Waals surface area contributed by atoms with Gasteiger partial charge in [0.2, 0.25) is 0 Å². The molecule has 1 aromatic carbocycles. The Morgan fingerprint density at radius 3 is 2.67 bits per heavy atom. The van der Waals surface area contributed by atoms with Crippen molar-refractivity contribution in [3.63, 3.8) is 0 Å². The maximum Gasteiger partial charge on any atom is 0.137 e. The van der Waals surface area contributed by atoms with Gasteiger partial charge in [-0.15, -0.1) is 0 Å². The van der Waals surface area contributed by atoms with Gasteiger partial charge in [0.15, 0.2) is 0 Å². The number of hydrogen-bond donors (Lipinski definition) is 2. The fourth-order valence-corrected chi connectivity index (χ4v) is 1.39. The molecule has 0 unspecified atom stereocenters. The van der Waals surface area contributed by atoms with Gasteiger partial charge >= 0.3 is 0 Å². The van der Waals surface area contributed by atoms with Gasteiger partial charge in [0, 0.05) is 13.5 Å². The second kappa shape index (κ2) is 5.82. The van der Waals surface area contributed by atoms with Gasteiger partial charge in [0.25, 0.3) is 0 Å². The summed E-state index contributed by atoms with van der Waals surface area (Å²) in [5.41, 5.74) is 5.04. The summed E-state index contributed by atoms with van der Waals surface area (Å²) in [5, 5.41) is 7.34. The SMILES string of the molecule is COC(C)(C)CCOc1cccc(F)c1C(=N)N. The van der Waals surface area contributed by atoms with Gasteiger partial charge in [-0.3, -0.25) is 5.41 Å². The molecule has 1 aromatic rings. The van der Waals surface area contributed by atoms with E-state index in [4.69, 9.17) is 20.6 Å². The van der Waals surface area contributed by atoms with Crippen LogP contribution in [0.4, 0.5) is 4.39 Å². The molecule has 0 spiro atoms. The fourth-order valence-electron chi connectivity index (χ4n) is 1.39. The molecule has 0 atom stereocenters. The molecule has 18 heavy (non-hydrogen) atoms. The van der Waals surface area contributed by atoms with E-state index in [1.165, 1.54) is 12.1 Å². The maximum absolute atomic E-state index is 13.5. The minimum atomic E-state index is -0.550. The summed E-state index contributed by atoms with van der Waals surface area (Å²) in [6.45, 7) is 4.24. The summed E-state index contributed by atoms with van der Waals surface area (Å²) in [6, 6.07) is 4.38. The first-order valence-electron chi connectivity index (χ1n) is 5.68. The van der Waals surface area contributed by atoms with E-state index < -0.39 is 5.82 Å². The maximum atomic E-state index is 13.5. The molecule has 1 rings (SSSR count). The Kier molecular flexibility index (Phi) is 4.67. The van der Waals surface area contributed by atoms with E-state index in [-0.39, 0.29) is 22.7 Å². The van der Waals surface area contributed by atoms with Crippen molar-refractivity contribution >= 4 is 5.84 Å². The molecule has 0 saturated carbocycles. The number of nitrogens with two attached hydrogens (primary N) is 1. The second-order valence-electron chi connectivity index (χ2n) is 4.59. The van der Waals surface area contributed by atoms with Crippen molar-refractivity contribution in [2.75, 3.05) is 13.7 Å². The zero-order chi connectivity index (χ0) is 13.8. The smallest absolute Gasteiger partial charge is 0.137 e. The van der Waals surface area contributed by atoms with Crippen LogP contribution >= 0.6 is 0 Å². The fraction of sp³-hybridized carbons (Fsp3) is 0.462. The van der Waals surface area contributed by atoms with Crippen LogP contribution < -0.4 is 10.5 Å². The third-order valence-electron chi connectivity index (χ3n) is 2.76. The quantitative estimate of drug-likeness (QED) is 0.604. The first-order valence-corrected chi connectivity index (χ1v) is 5.68. The number of halogens is 1. The Balaban J connectivity index is 2.74. The highest BCUT2D eigenvalue weighted by molar-refractivity contribution is 5.97. The Morgan fingerprint density at radius 1 is 1.44 bits per heavy atom. The molecule has 5 heteroatoms. The lowest BCUT2D eigenvalue weighted by molar-refractivity contribution is 0.00542. The van der Waals surface area contributed by atoms with Crippen molar-refractivity contribution in [2.45, 2.75) is 25.9 Å². The van der Waals surface area contributed by atoms with E-state index in [1.54, 1.807) is 13.2 Å². The molecular formula is C13H19FN2O2. The van der Waals surface area contributed by atoms with Gasteiger partial charge in [-0.25, -0.2) is 4.39 Å². The van der Waals surface area contributed by atoms with Gasteiger partial charge < -0.3 is 15.2 Å². The van der Waals surface area contributed by atoms with Crippen LogP contribution in [0.3, 0.4) is 0 Å². The third-order valence-corrected chi connectivity index (χ3v) is 2.76. The molecule has 0 fully saturated rings. The zero-order valence-electron chi connectivity index (χ0n) is 10.9. The number of rotatable bonds is 6. The summed E-state index contributed by atoms with van der Waals surface area (Å²) in [5.74, 6) is -0.602. The monoisotopic (exact) mass is 254 g/mol. The van der Waals surface area contributed by atoms with E-state index in [9.17, 15) is 4.39 Å². The molecular weight excluding hydrogens is 235 g/mol. The molecule has 0 bridgehead atoms. The van der Waals surface area contributed by atoms with Crippen molar-refractivity contribution in [3.8, 4) is 5.75 Å². The van der Waals surface area contributed by atoms with Crippen molar-refractivity contribution < 1.29 is 13.9 Å².